The molecule has 2 heterocycles. The maximum absolute atomic E-state index is 14.7. The van der Waals surface area contributed by atoms with Crippen LogP contribution in [0.2, 0.25) is 5.02 Å². The van der Waals surface area contributed by atoms with E-state index in [4.69, 9.17) is 16.3 Å². The zero-order chi connectivity index (χ0) is 25.2. The van der Waals surface area contributed by atoms with Crippen LogP contribution in [0.3, 0.4) is 0 Å². The van der Waals surface area contributed by atoms with Gasteiger partial charge in [-0.2, -0.15) is 13.2 Å². The molecule has 0 unspecified atom stereocenters. The number of ether oxygens (including phenoxy) is 2. The highest BCUT2D eigenvalue weighted by Crippen LogP contribution is 2.36. The molecule has 0 fully saturated rings. The van der Waals surface area contributed by atoms with E-state index in [0.717, 1.165) is 30.9 Å². The van der Waals surface area contributed by atoms with Gasteiger partial charge in [-0.3, -0.25) is 14.2 Å². The molecule has 0 aliphatic rings. The number of thioether (sulfide) groups is 1. The summed E-state index contributed by atoms with van der Waals surface area (Å²) in [5.41, 5.74) is -5.00. The molecule has 0 radical (unpaired) electrons. The van der Waals surface area contributed by atoms with Crippen LogP contribution in [0.25, 0.3) is 5.69 Å². The lowest BCUT2D eigenvalue weighted by Gasteiger charge is -2.16. The number of benzene rings is 1. The van der Waals surface area contributed by atoms with Crippen LogP contribution >= 0.6 is 23.4 Å². The standard InChI is InChI=1S/C20H14ClF4N3O5S/c1-27-15(20(23,24)25)8-16(29)28(19(27)31)12-7-14(10(21)6-11(12)22)33-13-4-3-5-26-18(13)34-9-17(30)32-2/h3-8H,9H2,1-2H3. The zero-order valence-electron chi connectivity index (χ0n) is 17.4. The molecule has 0 aliphatic heterocycles. The second kappa shape index (κ2) is 9.89. The van der Waals surface area contributed by atoms with Gasteiger partial charge in [0.05, 0.1) is 23.6 Å². The quantitative estimate of drug-likeness (QED) is 0.278. The van der Waals surface area contributed by atoms with Gasteiger partial charge in [-0.25, -0.2) is 18.7 Å². The van der Waals surface area contributed by atoms with Crippen LogP contribution in [0.4, 0.5) is 17.6 Å². The first-order valence-electron chi connectivity index (χ1n) is 9.16. The van der Waals surface area contributed by atoms with Gasteiger partial charge < -0.3 is 9.47 Å². The van der Waals surface area contributed by atoms with Crippen molar-refractivity contribution in [3.05, 3.63) is 73.9 Å². The monoisotopic (exact) mass is 519 g/mol. The molecular formula is C20H14ClF4N3O5S. The number of nitrogens with zero attached hydrogens (tertiary/aromatic N) is 3. The van der Waals surface area contributed by atoms with Gasteiger partial charge in [-0.05, 0) is 18.2 Å². The molecule has 1 aromatic carbocycles. The molecule has 0 amide bonds. The van der Waals surface area contributed by atoms with Gasteiger partial charge in [0.15, 0.2) is 5.75 Å². The van der Waals surface area contributed by atoms with Crippen LogP contribution in [0, 0.1) is 5.82 Å². The fraction of sp³-hybridized carbons (Fsp3) is 0.200. The number of alkyl halides is 3. The highest BCUT2D eigenvalue weighted by molar-refractivity contribution is 8.00. The average molecular weight is 520 g/mol. The van der Waals surface area contributed by atoms with Gasteiger partial charge in [0.1, 0.15) is 22.3 Å². The fourth-order valence-electron chi connectivity index (χ4n) is 2.75. The Hall–Kier alpha value is -3.32. The molecule has 3 rings (SSSR count). The molecule has 0 aliphatic carbocycles. The van der Waals surface area contributed by atoms with E-state index < -0.39 is 40.6 Å². The van der Waals surface area contributed by atoms with E-state index in [1.165, 1.54) is 25.4 Å². The molecule has 3 aromatic rings. The van der Waals surface area contributed by atoms with Crippen LogP contribution in [-0.2, 0) is 22.8 Å². The van der Waals surface area contributed by atoms with Crippen molar-refractivity contribution in [2.75, 3.05) is 12.9 Å². The summed E-state index contributed by atoms with van der Waals surface area (Å²) >= 11 is 7.03. The molecule has 0 bridgehead atoms. The number of methoxy groups -OCH3 is 1. The number of halogens is 5. The molecule has 2 aromatic heterocycles. The Morgan fingerprint density at radius 1 is 1.21 bits per heavy atom. The van der Waals surface area contributed by atoms with Crippen molar-refractivity contribution >= 4 is 29.3 Å². The summed E-state index contributed by atoms with van der Waals surface area (Å²) in [6.45, 7) is 0. The molecule has 0 saturated heterocycles. The van der Waals surface area contributed by atoms with Crippen LogP contribution < -0.4 is 16.0 Å². The van der Waals surface area contributed by atoms with Gasteiger partial charge in [-0.15, -0.1) is 0 Å². The lowest BCUT2D eigenvalue weighted by atomic mass is 10.2. The Morgan fingerprint density at radius 3 is 2.56 bits per heavy atom. The number of aromatic nitrogens is 3. The molecule has 0 atom stereocenters. The Balaban J connectivity index is 2.08. The Bertz CT molecular complexity index is 1370. The van der Waals surface area contributed by atoms with E-state index in [1.807, 2.05) is 0 Å². The van der Waals surface area contributed by atoms with Crippen molar-refractivity contribution in [3.8, 4) is 17.2 Å². The number of rotatable bonds is 6. The number of carbonyl (C=O) groups is 1. The number of pyridine rings is 1. The molecular weight excluding hydrogens is 506 g/mol. The second-order valence-electron chi connectivity index (χ2n) is 6.55. The first-order chi connectivity index (χ1) is 15.9. The second-order valence-corrected chi connectivity index (χ2v) is 7.92. The third-order valence-electron chi connectivity index (χ3n) is 4.36. The van der Waals surface area contributed by atoms with Crippen molar-refractivity contribution in [3.63, 3.8) is 0 Å². The summed E-state index contributed by atoms with van der Waals surface area (Å²) in [7, 11) is 2.01. The molecule has 34 heavy (non-hydrogen) atoms. The van der Waals surface area contributed by atoms with Crippen LogP contribution in [0.1, 0.15) is 5.69 Å². The van der Waals surface area contributed by atoms with Gasteiger partial charge in [-0.1, -0.05) is 23.4 Å². The molecule has 8 nitrogen and oxygen atoms in total. The first kappa shape index (κ1) is 25.3. The maximum Gasteiger partial charge on any atom is 0.431 e. The van der Waals surface area contributed by atoms with Crippen molar-refractivity contribution in [2.45, 2.75) is 11.2 Å². The lowest BCUT2D eigenvalue weighted by molar-refractivity contribution is -0.144. The lowest BCUT2D eigenvalue weighted by Crippen LogP contribution is -2.41. The number of esters is 1. The molecule has 0 spiro atoms. The van der Waals surface area contributed by atoms with Crippen LogP contribution in [0.5, 0.6) is 11.5 Å². The Labute approximate surface area is 197 Å². The predicted octanol–water partition coefficient (Wildman–Crippen LogP) is 3.80. The third-order valence-corrected chi connectivity index (χ3v) is 5.62. The highest BCUT2D eigenvalue weighted by atomic mass is 35.5. The minimum absolute atomic E-state index is 0.0940. The van der Waals surface area contributed by atoms with Gasteiger partial charge in [0.2, 0.25) is 0 Å². The molecule has 180 valence electrons. The fourth-order valence-corrected chi connectivity index (χ4v) is 3.70. The summed E-state index contributed by atoms with van der Waals surface area (Å²) in [5, 5.41) is -0.0109. The van der Waals surface area contributed by atoms with Gasteiger partial charge >= 0.3 is 17.8 Å². The first-order valence-corrected chi connectivity index (χ1v) is 10.5. The Kier molecular flexibility index (Phi) is 7.36. The largest absolute Gasteiger partial charge is 0.468 e. The van der Waals surface area contributed by atoms with Crippen LogP contribution in [-0.4, -0.2) is 33.0 Å². The van der Waals surface area contributed by atoms with Gasteiger partial charge in [0, 0.05) is 25.4 Å². The maximum atomic E-state index is 14.7. The van der Waals surface area contributed by atoms with Crippen molar-refractivity contribution in [1.29, 1.82) is 0 Å². The number of hydrogen-bond acceptors (Lipinski definition) is 7. The third kappa shape index (κ3) is 5.25. The van der Waals surface area contributed by atoms with Crippen molar-refractivity contribution < 1.29 is 31.8 Å². The zero-order valence-corrected chi connectivity index (χ0v) is 18.9. The summed E-state index contributed by atoms with van der Waals surface area (Å²) < 4.78 is 64.6. The summed E-state index contributed by atoms with van der Waals surface area (Å²) in [4.78, 5) is 40.4. The summed E-state index contributed by atoms with van der Waals surface area (Å²) in [5.74, 6) is -1.89. The minimum Gasteiger partial charge on any atom is -0.468 e. The van der Waals surface area contributed by atoms with E-state index in [-0.39, 0.29) is 42.5 Å². The van der Waals surface area contributed by atoms with Crippen molar-refractivity contribution in [2.24, 2.45) is 7.05 Å². The molecule has 0 saturated carbocycles. The van der Waals surface area contributed by atoms with Crippen molar-refractivity contribution in [1.82, 2.24) is 14.1 Å². The molecule has 0 N–H and O–H groups in total. The average Bonchev–Trinajstić information content (AvgIpc) is 2.77. The van der Waals surface area contributed by atoms with Gasteiger partial charge in [0.25, 0.3) is 5.56 Å². The van der Waals surface area contributed by atoms with E-state index >= 15 is 0 Å². The van der Waals surface area contributed by atoms with E-state index in [0.29, 0.717) is 0 Å². The summed E-state index contributed by atoms with van der Waals surface area (Å²) in [6, 6.07) is 4.79. The Morgan fingerprint density at radius 2 is 1.91 bits per heavy atom. The smallest absolute Gasteiger partial charge is 0.431 e. The normalized spacial score (nSPS) is 11.4. The van der Waals surface area contributed by atoms with E-state index in [1.54, 1.807) is 0 Å². The number of carbonyl (C=O) groups excluding carboxylic acids is 1. The van der Waals surface area contributed by atoms with Crippen LogP contribution in [0.15, 0.2) is 51.1 Å². The van der Waals surface area contributed by atoms with E-state index in [2.05, 4.69) is 9.72 Å². The minimum atomic E-state index is -4.97. The predicted molar refractivity (Wildman–Crippen MR) is 114 cm³/mol. The highest BCUT2D eigenvalue weighted by Gasteiger charge is 2.35. The topological polar surface area (TPSA) is 92.4 Å². The SMILES string of the molecule is COC(=O)CSc1ncccc1Oc1cc(-n2c(=O)cc(C(F)(F)F)n(C)c2=O)c(F)cc1Cl. The van der Waals surface area contributed by atoms with E-state index in [9.17, 15) is 31.9 Å². The number of hydrogen-bond donors (Lipinski definition) is 0. The molecule has 14 heteroatoms. The summed E-state index contributed by atoms with van der Waals surface area (Å²) in [6.07, 6.45) is -3.55.